The third-order valence-electron chi connectivity index (χ3n) is 2.78. The molecule has 0 radical (unpaired) electrons. The van der Waals surface area contributed by atoms with E-state index in [0.717, 1.165) is 0 Å². The van der Waals surface area contributed by atoms with E-state index >= 15 is 0 Å². The Kier molecular flexibility index (Phi) is 6.16. The van der Waals surface area contributed by atoms with Gasteiger partial charge < -0.3 is 14.2 Å². The molecule has 1 aliphatic heterocycles. The Bertz CT molecular complexity index is 432. The summed E-state index contributed by atoms with van der Waals surface area (Å²) in [7, 11) is 0. The van der Waals surface area contributed by atoms with Gasteiger partial charge in [0.15, 0.2) is 6.04 Å². The van der Waals surface area contributed by atoms with Gasteiger partial charge in [0.05, 0.1) is 6.61 Å². The Morgan fingerprint density at radius 3 is 2.41 bits per heavy atom. The molecule has 1 saturated heterocycles. The van der Waals surface area contributed by atoms with Gasteiger partial charge in [-0.05, 0) is 27.7 Å². The molecule has 1 aliphatic rings. The second-order valence-electron chi connectivity index (χ2n) is 5.93. The summed E-state index contributed by atoms with van der Waals surface area (Å²) in [4.78, 5) is 35.2. The van der Waals surface area contributed by atoms with Crippen LogP contribution in [0.5, 0.6) is 0 Å². The first-order valence-corrected chi connectivity index (χ1v) is 7.24. The molecule has 0 bridgehead atoms. The van der Waals surface area contributed by atoms with Crippen LogP contribution >= 0.6 is 0 Å². The van der Waals surface area contributed by atoms with Gasteiger partial charge in [0.25, 0.3) is 0 Å². The lowest BCUT2D eigenvalue weighted by molar-refractivity contribution is -0.162. The van der Waals surface area contributed by atoms with Crippen molar-refractivity contribution in [2.24, 2.45) is 0 Å². The van der Waals surface area contributed by atoms with Gasteiger partial charge in [0.2, 0.25) is 0 Å². The largest absolute Gasteiger partial charge is 0.465 e. The Labute approximate surface area is 130 Å². The molecule has 1 amide bonds. The number of carbonyl (C=O) groups excluding carboxylic acids is 3. The number of nitrogens with zero attached hydrogens (tertiary/aromatic N) is 1. The van der Waals surface area contributed by atoms with E-state index in [4.69, 9.17) is 14.2 Å². The third-order valence-corrected chi connectivity index (χ3v) is 2.78. The predicted octanol–water partition coefficient (Wildman–Crippen LogP) is 0.995. The average Bonchev–Trinajstić information content (AvgIpc) is 2.36. The first-order chi connectivity index (χ1) is 10.1. The van der Waals surface area contributed by atoms with E-state index in [2.05, 4.69) is 5.43 Å². The van der Waals surface area contributed by atoms with Gasteiger partial charge in [-0.15, -0.1) is 0 Å². The lowest BCUT2D eigenvalue weighted by Gasteiger charge is -2.37. The number of nitrogens with one attached hydrogen (secondary N) is 1. The van der Waals surface area contributed by atoms with Gasteiger partial charge in [0.1, 0.15) is 11.7 Å². The predicted molar refractivity (Wildman–Crippen MR) is 76.7 cm³/mol. The fourth-order valence-electron chi connectivity index (χ4n) is 1.98. The Hall–Kier alpha value is -1.83. The number of ether oxygens (including phenoxy) is 3. The maximum Gasteiger partial charge on any atom is 0.424 e. The highest BCUT2D eigenvalue weighted by Crippen LogP contribution is 2.17. The molecule has 22 heavy (non-hydrogen) atoms. The van der Waals surface area contributed by atoms with Gasteiger partial charge >= 0.3 is 18.0 Å². The van der Waals surface area contributed by atoms with E-state index < -0.39 is 35.8 Å². The first kappa shape index (κ1) is 18.2. The van der Waals surface area contributed by atoms with E-state index in [-0.39, 0.29) is 13.2 Å². The van der Waals surface area contributed by atoms with Crippen LogP contribution in [0.4, 0.5) is 4.79 Å². The monoisotopic (exact) mass is 316 g/mol. The summed E-state index contributed by atoms with van der Waals surface area (Å²) in [5.74, 6) is -1.08. The van der Waals surface area contributed by atoms with Crippen LogP contribution in [0.25, 0.3) is 0 Å². The van der Waals surface area contributed by atoms with Crippen molar-refractivity contribution in [2.45, 2.75) is 58.8 Å². The molecule has 0 spiro atoms. The molecule has 2 unspecified atom stereocenters. The fraction of sp³-hybridized carbons (Fsp3) is 0.786. The molecule has 1 rings (SSSR count). The highest BCUT2D eigenvalue weighted by molar-refractivity contribution is 5.78. The van der Waals surface area contributed by atoms with E-state index in [9.17, 15) is 14.4 Å². The smallest absolute Gasteiger partial charge is 0.424 e. The topological polar surface area (TPSA) is 94.2 Å². The quantitative estimate of drug-likeness (QED) is 0.613. The number of rotatable bonds is 3. The first-order valence-electron chi connectivity index (χ1n) is 7.24. The molecule has 1 N–H and O–H groups in total. The Balaban J connectivity index is 2.78. The van der Waals surface area contributed by atoms with Crippen molar-refractivity contribution < 1.29 is 28.6 Å². The highest BCUT2D eigenvalue weighted by atomic mass is 16.6. The number of hydrogen-bond acceptors (Lipinski definition) is 7. The fourth-order valence-corrected chi connectivity index (χ4v) is 1.98. The minimum Gasteiger partial charge on any atom is -0.465 e. The summed E-state index contributed by atoms with van der Waals surface area (Å²) < 4.78 is 15.3. The average molecular weight is 316 g/mol. The van der Waals surface area contributed by atoms with Crippen LogP contribution < -0.4 is 5.43 Å². The lowest BCUT2D eigenvalue weighted by atomic mass is 10.1. The van der Waals surface area contributed by atoms with Gasteiger partial charge in [-0.25, -0.2) is 15.2 Å². The highest BCUT2D eigenvalue weighted by Gasteiger charge is 2.39. The SMILES string of the molecule is CCOC(=O)C1NN(C(=O)OC(C)(C)C)CCC1OC(C)=O. The summed E-state index contributed by atoms with van der Waals surface area (Å²) in [6, 6.07) is -0.940. The van der Waals surface area contributed by atoms with E-state index in [1.54, 1.807) is 27.7 Å². The van der Waals surface area contributed by atoms with Gasteiger partial charge in [-0.1, -0.05) is 0 Å². The van der Waals surface area contributed by atoms with Crippen molar-refractivity contribution >= 4 is 18.0 Å². The standard InChI is InChI=1S/C14H24N2O6/c1-6-20-12(18)11-10(21-9(2)17)7-8-16(15-11)13(19)22-14(3,4)5/h10-11,15H,6-8H2,1-5H3. The summed E-state index contributed by atoms with van der Waals surface area (Å²) in [6.07, 6.45) is -0.965. The maximum atomic E-state index is 12.0. The van der Waals surface area contributed by atoms with Crippen molar-refractivity contribution in [3.63, 3.8) is 0 Å². The molecule has 0 aromatic heterocycles. The molecule has 1 heterocycles. The second-order valence-corrected chi connectivity index (χ2v) is 5.93. The van der Waals surface area contributed by atoms with Crippen molar-refractivity contribution in [2.75, 3.05) is 13.2 Å². The van der Waals surface area contributed by atoms with E-state index in [0.29, 0.717) is 6.42 Å². The number of hydrogen-bond donors (Lipinski definition) is 1. The zero-order valence-corrected chi connectivity index (χ0v) is 13.7. The number of hydrazine groups is 1. The van der Waals surface area contributed by atoms with Crippen LogP contribution in [-0.4, -0.2) is 53.9 Å². The maximum absolute atomic E-state index is 12.0. The zero-order chi connectivity index (χ0) is 16.9. The lowest BCUT2D eigenvalue weighted by Crippen LogP contribution is -2.62. The third kappa shape index (κ3) is 5.51. The summed E-state index contributed by atoms with van der Waals surface area (Å²) in [5.41, 5.74) is 2.07. The van der Waals surface area contributed by atoms with Crippen LogP contribution in [0.1, 0.15) is 41.0 Å². The van der Waals surface area contributed by atoms with Crippen molar-refractivity contribution in [1.82, 2.24) is 10.4 Å². The van der Waals surface area contributed by atoms with Crippen LogP contribution in [0, 0.1) is 0 Å². The van der Waals surface area contributed by atoms with Crippen molar-refractivity contribution in [3.8, 4) is 0 Å². The van der Waals surface area contributed by atoms with Crippen LogP contribution in [0.3, 0.4) is 0 Å². The minimum absolute atomic E-state index is 0.191. The number of amides is 1. The van der Waals surface area contributed by atoms with Gasteiger partial charge in [-0.3, -0.25) is 9.59 Å². The number of carbonyl (C=O) groups is 3. The molecule has 8 heteroatoms. The van der Waals surface area contributed by atoms with Gasteiger partial charge in [0, 0.05) is 19.9 Å². The van der Waals surface area contributed by atoms with E-state index in [1.807, 2.05) is 0 Å². The summed E-state index contributed by atoms with van der Waals surface area (Å²) >= 11 is 0. The summed E-state index contributed by atoms with van der Waals surface area (Å²) in [6.45, 7) is 8.63. The molecule has 126 valence electrons. The molecular formula is C14H24N2O6. The minimum atomic E-state index is -0.940. The van der Waals surface area contributed by atoms with Gasteiger partial charge in [-0.2, -0.15) is 0 Å². The molecular weight excluding hydrogens is 292 g/mol. The van der Waals surface area contributed by atoms with Crippen molar-refractivity contribution in [1.29, 1.82) is 0 Å². The Morgan fingerprint density at radius 2 is 1.91 bits per heavy atom. The molecule has 8 nitrogen and oxygen atoms in total. The van der Waals surface area contributed by atoms with Crippen LogP contribution in [0.15, 0.2) is 0 Å². The molecule has 1 fully saturated rings. The number of esters is 2. The zero-order valence-electron chi connectivity index (χ0n) is 13.7. The molecule has 2 atom stereocenters. The summed E-state index contributed by atoms with van der Waals surface area (Å²) in [5, 5.41) is 1.20. The molecule has 0 saturated carbocycles. The van der Waals surface area contributed by atoms with Crippen LogP contribution in [0.2, 0.25) is 0 Å². The molecule has 0 aromatic carbocycles. The van der Waals surface area contributed by atoms with Crippen molar-refractivity contribution in [3.05, 3.63) is 0 Å². The molecule has 0 aromatic rings. The van der Waals surface area contributed by atoms with E-state index in [1.165, 1.54) is 11.9 Å². The molecule has 0 aliphatic carbocycles. The van der Waals surface area contributed by atoms with Crippen LogP contribution in [-0.2, 0) is 23.8 Å². The Morgan fingerprint density at radius 1 is 1.27 bits per heavy atom. The second kappa shape index (κ2) is 7.44. The normalized spacial score (nSPS) is 22.0.